The highest BCUT2D eigenvalue weighted by Crippen LogP contribution is 2.17. The van der Waals surface area contributed by atoms with Crippen molar-refractivity contribution in [2.24, 2.45) is 0 Å². The first-order chi connectivity index (χ1) is 8.27. The van der Waals surface area contributed by atoms with Crippen LogP contribution >= 0.6 is 0 Å². The summed E-state index contributed by atoms with van der Waals surface area (Å²) in [5.74, 6) is -1.42. The maximum absolute atomic E-state index is 13.4. The first-order valence-corrected chi connectivity index (χ1v) is 6.43. The zero-order chi connectivity index (χ0) is 12.1. The standard InChI is InChI=1S/C14H19F2N/c15-13-7-4-5-11(14(13)16)8-9-12-6-2-1-3-10-17-12/h4-5,7,12,17H,1-3,6,8-10H2. The van der Waals surface area contributed by atoms with E-state index in [0.29, 0.717) is 18.0 Å². The van der Waals surface area contributed by atoms with Crippen LogP contribution in [0, 0.1) is 11.6 Å². The summed E-state index contributed by atoms with van der Waals surface area (Å²) in [6, 6.07) is 4.88. The largest absolute Gasteiger partial charge is 0.314 e. The Labute approximate surface area is 101 Å². The molecule has 1 aromatic carbocycles. The third-order valence-corrected chi connectivity index (χ3v) is 3.46. The molecule has 0 spiro atoms. The van der Waals surface area contributed by atoms with Gasteiger partial charge >= 0.3 is 0 Å². The minimum atomic E-state index is -0.740. The Morgan fingerprint density at radius 2 is 2.06 bits per heavy atom. The van der Waals surface area contributed by atoms with E-state index in [9.17, 15) is 8.78 Å². The molecule has 1 fully saturated rings. The molecule has 1 saturated heterocycles. The molecule has 1 nitrogen and oxygen atoms in total. The van der Waals surface area contributed by atoms with Gasteiger partial charge in [-0.1, -0.05) is 25.0 Å². The topological polar surface area (TPSA) is 12.0 Å². The lowest BCUT2D eigenvalue weighted by Gasteiger charge is -2.15. The fourth-order valence-electron chi connectivity index (χ4n) is 2.42. The number of benzene rings is 1. The summed E-state index contributed by atoms with van der Waals surface area (Å²) >= 11 is 0. The molecule has 0 aromatic heterocycles. The molecule has 1 aliphatic heterocycles. The van der Waals surface area contributed by atoms with E-state index in [0.717, 1.165) is 19.4 Å². The van der Waals surface area contributed by atoms with Gasteiger partial charge < -0.3 is 5.32 Å². The van der Waals surface area contributed by atoms with Crippen molar-refractivity contribution in [1.29, 1.82) is 0 Å². The zero-order valence-electron chi connectivity index (χ0n) is 10.0. The van der Waals surface area contributed by atoms with Crippen LogP contribution < -0.4 is 5.32 Å². The lowest BCUT2D eigenvalue weighted by atomic mass is 10.0. The second-order valence-electron chi connectivity index (χ2n) is 4.75. The van der Waals surface area contributed by atoms with E-state index >= 15 is 0 Å². The average Bonchev–Trinajstić information content (AvgIpc) is 2.59. The van der Waals surface area contributed by atoms with Crippen molar-refractivity contribution in [2.45, 2.75) is 44.6 Å². The Morgan fingerprint density at radius 1 is 1.18 bits per heavy atom. The molecule has 0 saturated carbocycles. The van der Waals surface area contributed by atoms with Crippen molar-refractivity contribution in [3.05, 3.63) is 35.4 Å². The minimum absolute atomic E-state index is 0.458. The van der Waals surface area contributed by atoms with Crippen LogP contribution in [0.4, 0.5) is 8.78 Å². The molecule has 1 heterocycles. The van der Waals surface area contributed by atoms with E-state index in [2.05, 4.69) is 5.32 Å². The van der Waals surface area contributed by atoms with Gasteiger partial charge in [-0.2, -0.15) is 0 Å². The minimum Gasteiger partial charge on any atom is -0.314 e. The molecule has 1 aromatic rings. The van der Waals surface area contributed by atoms with Crippen molar-refractivity contribution in [3.8, 4) is 0 Å². The number of hydrogen-bond acceptors (Lipinski definition) is 1. The van der Waals surface area contributed by atoms with E-state index in [-0.39, 0.29) is 0 Å². The Morgan fingerprint density at radius 3 is 2.94 bits per heavy atom. The van der Waals surface area contributed by atoms with Gasteiger partial charge in [-0.05, 0) is 43.9 Å². The average molecular weight is 239 g/mol. The molecule has 2 rings (SSSR count). The molecule has 0 bridgehead atoms. The van der Waals surface area contributed by atoms with Crippen LogP contribution in [0.3, 0.4) is 0 Å². The third-order valence-electron chi connectivity index (χ3n) is 3.46. The number of hydrogen-bond donors (Lipinski definition) is 1. The molecule has 0 aliphatic carbocycles. The molecule has 1 N–H and O–H groups in total. The number of aryl methyl sites for hydroxylation is 1. The smallest absolute Gasteiger partial charge is 0.162 e. The lowest BCUT2D eigenvalue weighted by molar-refractivity contribution is 0.462. The van der Waals surface area contributed by atoms with Gasteiger partial charge in [0.2, 0.25) is 0 Å². The quantitative estimate of drug-likeness (QED) is 0.852. The fraction of sp³-hybridized carbons (Fsp3) is 0.571. The van der Waals surface area contributed by atoms with E-state index in [4.69, 9.17) is 0 Å². The van der Waals surface area contributed by atoms with E-state index in [1.54, 1.807) is 12.1 Å². The van der Waals surface area contributed by atoms with Crippen LogP contribution in [0.25, 0.3) is 0 Å². The Kier molecular flexibility index (Phi) is 4.49. The van der Waals surface area contributed by atoms with E-state index < -0.39 is 11.6 Å². The van der Waals surface area contributed by atoms with Gasteiger partial charge in [-0.25, -0.2) is 8.78 Å². The maximum atomic E-state index is 13.4. The van der Waals surface area contributed by atoms with Gasteiger partial charge in [0.05, 0.1) is 0 Å². The monoisotopic (exact) mass is 239 g/mol. The van der Waals surface area contributed by atoms with Gasteiger partial charge in [0.1, 0.15) is 0 Å². The highest BCUT2D eigenvalue weighted by atomic mass is 19.2. The van der Waals surface area contributed by atoms with Gasteiger partial charge in [0.25, 0.3) is 0 Å². The van der Waals surface area contributed by atoms with E-state index in [1.807, 2.05) is 0 Å². The SMILES string of the molecule is Fc1cccc(CCC2CCCCCN2)c1F. The van der Waals surface area contributed by atoms with Gasteiger partial charge in [0.15, 0.2) is 11.6 Å². The highest BCUT2D eigenvalue weighted by Gasteiger charge is 2.13. The van der Waals surface area contributed by atoms with Crippen LogP contribution in [0.1, 0.15) is 37.7 Å². The summed E-state index contributed by atoms with van der Waals surface area (Å²) in [6.07, 6.45) is 6.39. The van der Waals surface area contributed by atoms with Crippen LogP contribution in [-0.2, 0) is 6.42 Å². The molecule has 0 radical (unpaired) electrons. The van der Waals surface area contributed by atoms with Crippen LogP contribution in [0.2, 0.25) is 0 Å². The second kappa shape index (κ2) is 6.10. The zero-order valence-corrected chi connectivity index (χ0v) is 10.0. The van der Waals surface area contributed by atoms with Crippen molar-refractivity contribution < 1.29 is 8.78 Å². The molecule has 0 amide bonds. The summed E-state index contributed by atoms with van der Waals surface area (Å²) in [4.78, 5) is 0. The molecule has 3 heteroatoms. The lowest BCUT2D eigenvalue weighted by Crippen LogP contribution is -2.28. The number of halogens is 2. The van der Waals surface area contributed by atoms with Crippen LogP contribution in [0.15, 0.2) is 18.2 Å². The van der Waals surface area contributed by atoms with E-state index in [1.165, 1.54) is 25.3 Å². The molecular formula is C14H19F2N. The molecular weight excluding hydrogens is 220 g/mol. The number of rotatable bonds is 3. The molecule has 17 heavy (non-hydrogen) atoms. The Hall–Kier alpha value is -0.960. The predicted octanol–water partition coefficient (Wildman–Crippen LogP) is 3.43. The van der Waals surface area contributed by atoms with Crippen LogP contribution in [0.5, 0.6) is 0 Å². The maximum Gasteiger partial charge on any atom is 0.162 e. The highest BCUT2D eigenvalue weighted by molar-refractivity contribution is 5.19. The van der Waals surface area contributed by atoms with Gasteiger partial charge in [0, 0.05) is 6.04 Å². The summed E-state index contributed by atoms with van der Waals surface area (Å²) in [5.41, 5.74) is 0.496. The van der Waals surface area contributed by atoms with Gasteiger partial charge in [-0.3, -0.25) is 0 Å². The summed E-state index contributed by atoms with van der Waals surface area (Å²) in [5, 5.41) is 3.47. The molecule has 1 atom stereocenters. The second-order valence-corrected chi connectivity index (χ2v) is 4.75. The predicted molar refractivity (Wildman–Crippen MR) is 64.9 cm³/mol. The summed E-state index contributed by atoms with van der Waals surface area (Å²) in [6.45, 7) is 1.05. The first kappa shape index (κ1) is 12.5. The Bertz CT molecular complexity index is 357. The summed E-state index contributed by atoms with van der Waals surface area (Å²) in [7, 11) is 0. The van der Waals surface area contributed by atoms with Crippen LogP contribution in [-0.4, -0.2) is 12.6 Å². The van der Waals surface area contributed by atoms with Crippen molar-refractivity contribution >= 4 is 0 Å². The normalized spacial score (nSPS) is 21.2. The summed E-state index contributed by atoms with van der Waals surface area (Å²) < 4.78 is 26.5. The van der Waals surface area contributed by atoms with Crippen molar-refractivity contribution in [2.75, 3.05) is 6.54 Å². The molecule has 94 valence electrons. The van der Waals surface area contributed by atoms with Crippen molar-refractivity contribution in [1.82, 2.24) is 5.32 Å². The number of nitrogens with one attached hydrogen (secondary N) is 1. The first-order valence-electron chi connectivity index (χ1n) is 6.43. The molecule has 1 unspecified atom stereocenters. The third kappa shape index (κ3) is 3.50. The fourth-order valence-corrected chi connectivity index (χ4v) is 2.42. The Balaban J connectivity index is 1.90. The van der Waals surface area contributed by atoms with Crippen molar-refractivity contribution in [3.63, 3.8) is 0 Å². The van der Waals surface area contributed by atoms with Gasteiger partial charge in [-0.15, -0.1) is 0 Å². The molecule has 1 aliphatic rings.